The Hall–Kier alpha value is -2.72. The van der Waals surface area contributed by atoms with Gasteiger partial charge in [0, 0.05) is 17.7 Å². The maximum absolute atomic E-state index is 12.6. The van der Waals surface area contributed by atoms with Gasteiger partial charge in [-0.2, -0.15) is 5.10 Å². The van der Waals surface area contributed by atoms with Gasteiger partial charge in [0.05, 0.1) is 11.7 Å². The second kappa shape index (κ2) is 6.58. The summed E-state index contributed by atoms with van der Waals surface area (Å²) in [5, 5.41) is 4.45. The third-order valence-corrected chi connectivity index (χ3v) is 3.86. The molecule has 2 aromatic carbocycles. The third-order valence-electron chi connectivity index (χ3n) is 3.86. The van der Waals surface area contributed by atoms with Crippen LogP contribution in [0.2, 0.25) is 0 Å². The van der Waals surface area contributed by atoms with Crippen LogP contribution in [0.4, 0.5) is 0 Å². The SMILES string of the molecule is CCn1nc(-c2ccccc2)cc(C(N)c2ccccc2)c1=O. The first-order chi connectivity index (χ1) is 11.2. The van der Waals surface area contributed by atoms with Crippen LogP contribution in [0.3, 0.4) is 0 Å². The highest BCUT2D eigenvalue weighted by Gasteiger charge is 2.16. The summed E-state index contributed by atoms with van der Waals surface area (Å²) in [6.07, 6.45) is 0. The van der Waals surface area contributed by atoms with Gasteiger partial charge in [-0.3, -0.25) is 4.79 Å². The zero-order valence-corrected chi connectivity index (χ0v) is 13.0. The van der Waals surface area contributed by atoms with Crippen LogP contribution >= 0.6 is 0 Å². The van der Waals surface area contributed by atoms with Gasteiger partial charge in [-0.25, -0.2) is 4.68 Å². The molecule has 2 N–H and O–H groups in total. The molecule has 3 rings (SSSR count). The lowest BCUT2D eigenvalue weighted by molar-refractivity contribution is 0.604. The van der Waals surface area contributed by atoms with Crippen LogP contribution < -0.4 is 11.3 Å². The molecule has 1 aromatic heterocycles. The van der Waals surface area contributed by atoms with Crippen molar-refractivity contribution in [3.63, 3.8) is 0 Å². The largest absolute Gasteiger partial charge is 0.320 e. The van der Waals surface area contributed by atoms with Gasteiger partial charge < -0.3 is 5.73 Å². The van der Waals surface area contributed by atoms with Crippen LogP contribution in [-0.4, -0.2) is 9.78 Å². The first-order valence-corrected chi connectivity index (χ1v) is 7.68. The van der Waals surface area contributed by atoms with E-state index in [-0.39, 0.29) is 5.56 Å². The Bertz CT molecular complexity index is 841. The Morgan fingerprint density at radius 2 is 1.65 bits per heavy atom. The summed E-state index contributed by atoms with van der Waals surface area (Å²) < 4.78 is 1.47. The summed E-state index contributed by atoms with van der Waals surface area (Å²) in [4.78, 5) is 12.6. The Morgan fingerprint density at radius 1 is 1.04 bits per heavy atom. The third kappa shape index (κ3) is 3.07. The molecule has 1 atom stereocenters. The van der Waals surface area contributed by atoms with E-state index < -0.39 is 6.04 Å². The van der Waals surface area contributed by atoms with Crippen molar-refractivity contribution in [2.45, 2.75) is 19.5 Å². The number of aromatic nitrogens is 2. The number of rotatable bonds is 4. The normalized spacial score (nSPS) is 12.1. The molecule has 0 saturated heterocycles. The summed E-state index contributed by atoms with van der Waals surface area (Å²) in [7, 11) is 0. The maximum Gasteiger partial charge on any atom is 0.271 e. The standard InChI is InChI=1S/C19H19N3O/c1-2-22-19(23)16(18(20)15-11-7-4-8-12-15)13-17(21-22)14-9-5-3-6-10-14/h3-13,18H,2,20H2,1H3. The minimum absolute atomic E-state index is 0.136. The smallest absolute Gasteiger partial charge is 0.271 e. The summed E-state index contributed by atoms with van der Waals surface area (Å²) >= 11 is 0. The number of nitrogens with two attached hydrogens (primary N) is 1. The van der Waals surface area contributed by atoms with E-state index in [4.69, 9.17) is 5.73 Å². The van der Waals surface area contributed by atoms with Gasteiger partial charge in [-0.05, 0) is 18.6 Å². The molecule has 3 aromatic rings. The molecule has 0 aliphatic rings. The van der Waals surface area contributed by atoms with E-state index in [1.165, 1.54) is 4.68 Å². The number of hydrogen-bond donors (Lipinski definition) is 1. The molecule has 0 aliphatic carbocycles. The van der Waals surface area contributed by atoms with Crippen molar-refractivity contribution in [2.24, 2.45) is 5.73 Å². The molecule has 23 heavy (non-hydrogen) atoms. The lowest BCUT2D eigenvalue weighted by Gasteiger charge is -2.15. The Labute approximate surface area is 135 Å². The molecule has 1 heterocycles. The van der Waals surface area contributed by atoms with Crippen LogP contribution in [0, 0.1) is 0 Å². The minimum atomic E-state index is -0.466. The first kappa shape index (κ1) is 15.2. The van der Waals surface area contributed by atoms with E-state index in [0.717, 1.165) is 16.8 Å². The van der Waals surface area contributed by atoms with E-state index in [9.17, 15) is 4.79 Å². The van der Waals surface area contributed by atoms with Gasteiger partial charge >= 0.3 is 0 Å². The Kier molecular flexibility index (Phi) is 4.35. The summed E-state index contributed by atoms with van der Waals surface area (Å²) in [5.41, 5.74) is 9.41. The van der Waals surface area contributed by atoms with Crippen molar-refractivity contribution < 1.29 is 0 Å². The second-order valence-corrected chi connectivity index (χ2v) is 5.36. The molecule has 0 fully saturated rings. The molecule has 4 nitrogen and oxygen atoms in total. The zero-order chi connectivity index (χ0) is 16.2. The van der Waals surface area contributed by atoms with Crippen LogP contribution in [-0.2, 0) is 6.54 Å². The molecule has 0 aliphatic heterocycles. The molecule has 4 heteroatoms. The predicted octanol–water partition coefficient (Wildman–Crippen LogP) is 2.98. The first-order valence-electron chi connectivity index (χ1n) is 7.68. The highest BCUT2D eigenvalue weighted by Crippen LogP contribution is 2.21. The highest BCUT2D eigenvalue weighted by molar-refractivity contribution is 5.59. The van der Waals surface area contributed by atoms with Gasteiger partial charge in [-0.1, -0.05) is 60.7 Å². The molecule has 116 valence electrons. The molecule has 1 unspecified atom stereocenters. The average Bonchev–Trinajstić information content (AvgIpc) is 2.63. The van der Waals surface area contributed by atoms with Crippen molar-refractivity contribution in [1.29, 1.82) is 0 Å². The molecular weight excluding hydrogens is 286 g/mol. The topological polar surface area (TPSA) is 60.9 Å². The fourth-order valence-corrected chi connectivity index (χ4v) is 2.59. The number of benzene rings is 2. The fraction of sp³-hybridized carbons (Fsp3) is 0.158. The predicted molar refractivity (Wildman–Crippen MR) is 92.1 cm³/mol. The van der Waals surface area contributed by atoms with Gasteiger partial charge in [0.15, 0.2) is 0 Å². The van der Waals surface area contributed by atoms with E-state index in [0.29, 0.717) is 12.1 Å². The average molecular weight is 305 g/mol. The van der Waals surface area contributed by atoms with Crippen molar-refractivity contribution in [3.05, 3.63) is 88.2 Å². The molecular formula is C19H19N3O. The molecule has 0 saturated carbocycles. The lowest BCUT2D eigenvalue weighted by Crippen LogP contribution is -2.30. The summed E-state index contributed by atoms with van der Waals surface area (Å²) in [6, 6.07) is 20.8. The second-order valence-electron chi connectivity index (χ2n) is 5.36. The van der Waals surface area contributed by atoms with Crippen LogP contribution in [0.25, 0.3) is 11.3 Å². The Balaban J connectivity index is 2.15. The monoisotopic (exact) mass is 305 g/mol. The van der Waals surface area contributed by atoms with Crippen LogP contribution in [0.1, 0.15) is 24.1 Å². The van der Waals surface area contributed by atoms with Crippen molar-refractivity contribution in [2.75, 3.05) is 0 Å². The van der Waals surface area contributed by atoms with Gasteiger partial charge in [0.1, 0.15) is 0 Å². The quantitative estimate of drug-likeness (QED) is 0.806. The number of hydrogen-bond acceptors (Lipinski definition) is 3. The molecule has 0 bridgehead atoms. The van der Waals surface area contributed by atoms with E-state index in [1.807, 2.05) is 73.7 Å². The zero-order valence-electron chi connectivity index (χ0n) is 13.0. The fourth-order valence-electron chi connectivity index (χ4n) is 2.59. The van der Waals surface area contributed by atoms with Gasteiger partial charge in [0.25, 0.3) is 5.56 Å². The number of nitrogens with zero attached hydrogens (tertiary/aromatic N) is 2. The highest BCUT2D eigenvalue weighted by atomic mass is 16.1. The van der Waals surface area contributed by atoms with E-state index in [2.05, 4.69) is 5.10 Å². The molecule has 0 spiro atoms. The lowest BCUT2D eigenvalue weighted by atomic mass is 9.99. The Morgan fingerprint density at radius 3 is 2.26 bits per heavy atom. The minimum Gasteiger partial charge on any atom is -0.320 e. The van der Waals surface area contributed by atoms with Crippen LogP contribution in [0.15, 0.2) is 71.5 Å². The molecule has 0 radical (unpaired) electrons. The van der Waals surface area contributed by atoms with E-state index in [1.54, 1.807) is 0 Å². The van der Waals surface area contributed by atoms with Crippen molar-refractivity contribution in [3.8, 4) is 11.3 Å². The van der Waals surface area contributed by atoms with Gasteiger partial charge in [0.2, 0.25) is 0 Å². The van der Waals surface area contributed by atoms with Crippen molar-refractivity contribution in [1.82, 2.24) is 9.78 Å². The van der Waals surface area contributed by atoms with E-state index >= 15 is 0 Å². The number of aryl methyl sites for hydroxylation is 1. The summed E-state index contributed by atoms with van der Waals surface area (Å²) in [5.74, 6) is 0. The maximum atomic E-state index is 12.6. The van der Waals surface area contributed by atoms with Crippen molar-refractivity contribution >= 4 is 0 Å². The van der Waals surface area contributed by atoms with Crippen LogP contribution in [0.5, 0.6) is 0 Å². The van der Waals surface area contributed by atoms with Gasteiger partial charge in [-0.15, -0.1) is 0 Å². The molecule has 0 amide bonds. The summed E-state index contributed by atoms with van der Waals surface area (Å²) in [6.45, 7) is 2.41.